The van der Waals surface area contributed by atoms with Crippen LogP contribution in [0.25, 0.3) is 0 Å². The largest absolute Gasteiger partial charge is 0.462 e. The van der Waals surface area contributed by atoms with Gasteiger partial charge in [0.1, 0.15) is 42.4 Å². The molecule has 3 rings (SSSR count). The van der Waals surface area contributed by atoms with Crippen LogP contribution in [-0.2, 0) is 57.1 Å². The van der Waals surface area contributed by atoms with Crippen LogP contribution in [-0.4, -0.2) is 151 Å². The summed E-state index contributed by atoms with van der Waals surface area (Å²) in [6.07, 6.45) is -3.45. The monoisotopic (exact) mass is 813 g/mol. The highest BCUT2D eigenvalue weighted by Crippen LogP contribution is 2.37. The molecule has 3 heterocycles. The Kier molecular flexibility index (Phi) is 19.2. The third-order valence-corrected chi connectivity index (χ3v) is 10.8. The van der Waals surface area contributed by atoms with Crippen LogP contribution >= 0.6 is 0 Å². The number of hydrogen-bond acceptors (Lipinski definition) is 16. The van der Waals surface area contributed by atoms with Crippen molar-refractivity contribution in [2.45, 2.75) is 179 Å². The van der Waals surface area contributed by atoms with Gasteiger partial charge in [0.15, 0.2) is 18.7 Å². The summed E-state index contributed by atoms with van der Waals surface area (Å²) >= 11 is 0. The number of rotatable bonds is 12. The van der Waals surface area contributed by atoms with Gasteiger partial charge in [-0.25, -0.2) is 0 Å². The van der Waals surface area contributed by atoms with Crippen LogP contribution in [0.3, 0.4) is 0 Å². The molecular weight excluding hydrogens is 746 g/mol. The lowest BCUT2D eigenvalue weighted by Gasteiger charge is -2.50. The first kappa shape index (κ1) is 48.6. The standard InChI is InChI=1S/C41H67NO15/c1-11-15-31(46)55-39-26(5)52-33(22-41(39,7)49)56-36-25(4)53-40(35(48)34(36)42(8)9)57-37-28(18-19-43)20-23(2)29(45)17-14-12-13-16-24(3)51-32(47)21-30(38(37)50-10)54-27(6)44/h12-14,17,19,23-26,28-30,33-40,45,48-49H,11,15-16,18,20-22H2,1-10H3/b13-12+,17-14+. The number of esters is 3. The van der Waals surface area contributed by atoms with Gasteiger partial charge in [-0.2, -0.15) is 0 Å². The maximum Gasteiger partial charge on any atom is 0.309 e. The minimum atomic E-state index is -1.49. The lowest BCUT2D eigenvalue weighted by atomic mass is 9.82. The van der Waals surface area contributed by atoms with Crippen LogP contribution in [0.1, 0.15) is 93.4 Å². The summed E-state index contributed by atoms with van der Waals surface area (Å²) in [6, 6.07) is -0.779. The van der Waals surface area contributed by atoms with Gasteiger partial charge in [-0.05, 0) is 66.5 Å². The van der Waals surface area contributed by atoms with Crippen molar-refractivity contribution in [1.82, 2.24) is 4.90 Å². The van der Waals surface area contributed by atoms with E-state index >= 15 is 0 Å². The molecule has 0 aromatic rings. The normalized spacial score (nSPS) is 41.1. The fourth-order valence-electron chi connectivity index (χ4n) is 7.96. The van der Waals surface area contributed by atoms with E-state index in [1.165, 1.54) is 14.0 Å². The van der Waals surface area contributed by atoms with E-state index in [1.807, 2.05) is 13.8 Å². The molecule has 3 aliphatic heterocycles. The van der Waals surface area contributed by atoms with E-state index in [1.54, 1.807) is 71.0 Å². The van der Waals surface area contributed by atoms with Gasteiger partial charge in [-0.1, -0.05) is 38.2 Å². The SMILES string of the molecule is CCCC(=O)OC1C(C)OC(OC2C(C)OC(OC3C(CC=O)CC(C)C(O)/C=C/C=C/CC(C)OC(=O)CC(OC(C)=O)C3OC)C(O)C2N(C)C)CC1(C)O. The zero-order valence-corrected chi connectivity index (χ0v) is 35.2. The molecule has 0 aromatic heterocycles. The highest BCUT2D eigenvalue weighted by molar-refractivity contribution is 5.72. The number of aliphatic hydroxyl groups excluding tert-OH is 2. The fourth-order valence-corrected chi connectivity index (χ4v) is 7.96. The average molecular weight is 814 g/mol. The molecule has 0 saturated carbocycles. The summed E-state index contributed by atoms with van der Waals surface area (Å²) in [4.78, 5) is 52.0. The minimum Gasteiger partial charge on any atom is -0.462 e. The quantitative estimate of drug-likeness (QED) is 0.147. The third-order valence-electron chi connectivity index (χ3n) is 10.8. The smallest absolute Gasteiger partial charge is 0.309 e. The summed E-state index contributed by atoms with van der Waals surface area (Å²) in [5, 5.41) is 34.5. The van der Waals surface area contributed by atoms with Crippen LogP contribution in [0, 0.1) is 11.8 Å². The molecule has 0 spiro atoms. The predicted octanol–water partition coefficient (Wildman–Crippen LogP) is 2.77. The van der Waals surface area contributed by atoms with E-state index in [9.17, 15) is 34.5 Å². The Morgan fingerprint density at radius 2 is 1.72 bits per heavy atom. The Bertz CT molecular complexity index is 1350. The van der Waals surface area contributed by atoms with Crippen molar-refractivity contribution in [3.63, 3.8) is 0 Å². The van der Waals surface area contributed by atoms with Crippen molar-refractivity contribution >= 4 is 24.2 Å². The second-order valence-corrected chi connectivity index (χ2v) is 16.1. The molecule has 0 bridgehead atoms. The lowest BCUT2D eigenvalue weighted by Crippen LogP contribution is -2.66. The molecule has 0 aromatic carbocycles. The number of allylic oxidation sites excluding steroid dienone is 2. The summed E-state index contributed by atoms with van der Waals surface area (Å²) < 4.78 is 48.4. The Morgan fingerprint density at radius 3 is 2.32 bits per heavy atom. The highest BCUT2D eigenvalue weighted by atomic mass is 16.7. The molecule has 2 saturated heterocycles. The summed E-state index contributed by atoms with van der Waals surface area (Å²) in [6.45, 7) is 11.6. The molecule has 3 N–H and O–H groups in total. The number of carbonyl (C=O) groups is 4. The Labute approximate surface area is 337 Å². The molecule has 2 fully saturated rings. The van der Waals surface area contributed by atoms with Gasteiger partial charge in [0, 0.05) is 39.7 Å². The molecule has 0 radical (unpaired) electrons. The molecule has 57 heavy (non-hydrogen) atoms. The first-order valence-corrected chi connectivity index (χ1v) is 20.1. The second-order valence-electron chi connectivity index (χ2n) is 16.1. The summed E-state index contributed by atoms with van der Waals surface area (Å²) in [7, 11) is 4.85. The van der Waals surface area contributed by atoms with Gasteiger partial charge in [0.05, 0.1) is 36.9 Å². The van der Waals surface area contributed by atoms with Crippen LogP contribution in [0.2, 0.25) is 0 Å². The third kappa shape index (κ3) is 13.9. The van der Waals surface area contributed by atoms with Crippen LogP contribution in [0.5, 0.6) is 0 Å². The number of methoxy groups -OCH3 is 1. The van der Waals surface area contributed by atoms with E-state index in [2.05, 4.69) is 0 Å². The lowest BCUT2D eigenvalue weighted by molar-refractivity contribution is -0.344. The second kappa shape index (κ2) is 22.5. The van der Waals surface area contributed by atoms with Crippen molar-refractivity contribution in [2.75, 3.05) is 21.2 Å². The van der Waals surface area contributed by atoms with Gasteiger partial charge < -0.3 is 62.9 Å². The Hall–Kier alpha value is -2.80. The van der Waals surface area contributed by atoms with Gasteiger partial charge >= 0.3 is 17.9 Å². The van der Waals surface area contributed by atoms with Crippen LogP contribution in [0.15, 0.2) is 24.3 Å². The van der Waals surface area contributed by atoms with Gasteiger partial charge in [-0.3, -0.25) is 14.4 Å². The van der Waals surface area contributed by atoms with Crippen molar-refractivity contribution in [1.29, 1.82) is 0 Å². The number of cyclic esters (lactones) is 1. The maximum absolute atomic E-state index is 13.2. The topological polar surface area (TPSA) is 206 Å². The molecule has 0 aliphatic carbocycles. The molecule has 3 aliphatic rings. The van der Waals surface area contributed by atoms with E-state index in [0.717, 1.165) is 0 Å². The Balaban J connectivity index is 1.99. The number of likely N-dealkylation sites (N-methyl/N-ethyl adjacent to an activating group) is 1. The number of aldehydes is 1. The van der Waals surface area contributed by atoms with Gasteiger partial charge in [0.25, 0.3) is 0 Å². The maximum atomic E-state index is 13.2. The molecule has 16 nitrogen and oxygen atoms in total. The highest BCUT2D eigenvalue weighted by Gasteiger charge is 2.53. The van der Waals surface area contributed by atoms with Gasteiger partial charge in [-0.15, -0.1) is 0 Å². The van der Waals surface area contributed by atoms with Crippen molar-refractivity contribution in [3.05, 3.63) is 24.3 Å². The summed E-state index contributed by atoms with van der Waals surface area (Å²) in [5.41, 5.74) is -1.49. The zero-order chi connectivity index (χ0) is 42.6. The summed E-state index contributed by atoms with van der Waals surface area (Å²) in [5.74, 6) is -2.88. The van der Waals surface area contributed by atoms with Crippen LogP contribution < -0.4 is 0 Å². The first-order valence-electron chi connectivity index (χ1n) is 20.1. The van der Waals surface area contributed by atoms with Gasteiger partial charge in [0.2, 0.25) is 0 Å². The van der Waals surface area contributed by atoms with E-state index in [4.69, 9.17) is 37.9 Å². The number of aliphatic hydroxyl groups is 3. The average Bonchev–Trinajstić information content (AvgIpc) is 3.10. The van der Waals surface area contributed by atoms with E-state index in [0.29, 0.717) is 19.1 Å². The van der Waals surface area contributed by atoms with E-state index < -0.39 is 121 Å². The van der Waals surface area contributed by atoms with Crippen LogP contribution in [0.4, 0.5) is 0 Å². The molecule has 16 unspecified atom stereocenters. The fraction of sp³-hybridized carbons (Fsp3) is 0.805. The number of hydrogen-bond donors (Lipinski definition) is 3. The zero-order valence-electron chi connectivity index (χ0n) is 35.2. The number of carbonyl (C=O) groups excluding carboxylic acids is 4. The molecule has 16 atom stereocenters. The van der Waals surface area contributed by atoms with Crippen molar-refractivity contribution < 1.29 is 72.4 Å². The number of ether oxygens (including phenoxy) is 8. The molecule has 16 heteroatoms. The van der Waals surface area contributed by atoms with Crippen molar-refractivity contribution in [3.8, 4) is 0 Å². The van der Waals surface area contributed by atoms with Crippen molar-refractivity contribution in [2.24, 2.45) is 11.8 Å². The molecule has 326 valence electrons. The predicted molar refractivity (Wildman–Crippen MR) is 205 cm³/mol. The Morgan fingerprint density at radius 1 is 1.02 bits per heavy atom. The van der Waals surface area contributed by atoms with E-state index in [-0.39, 0.29) is 25.7 Å². The number of nitrogens with zero attached hydrogens (tertiary/aromatic N) is 1. The first-order chi connectivity index (χ1) is 26.8. The molecule has 0 amide bonds. The molecular formula is C41H67NO15. The minimum absolute atomic E-state index is 0.0416.